The fourth-order valence-electron chi connectivity index (χ4n) is 1.30. The van der Waals surface area contributed by atoms with Gasteiger partial charge in [-0.25, -0.2) is 14.7 Å². The molecule has 1 radical (unpaired) electrons. The molecule has 20 heavy (non-hydrogen) atoms. The fraction of sp³-hybridized carbons (Fsp3) is 0.667. The van der Waals surface area contributed by atoms with Gasteiger partial charge in [0.1, 0.15) is 0 Å². The van der Waals surface area contributed by atoms with Gasteiger partial charge in [0.15, 0.2) is 6.17 Å². The van der Waals surface area contributed by atoms with E-state index in [1.807, 2.05) is 0 Å². The highest BCUT2D eigenvalue weighted by molar-refractivity contribution is 5.88. The molecule has 1 aliphatic rings. The van der Waals surface area contributed by atoms with E-state index in [0.29, 0.717) is 0 Å². The lowest BCUT2D eigenvalue weighted by Crippen LogP contribution is -2.63. The molecule has 0 aromatic heterocycles. The van der Waals surface area contributed by atoms with Gasteiger partial charge in [-0.15, -0.1) is 0 Å². The molecule has 0 aromatic rings. The highest BCUT2D eigenvalue weighted by Crippen LogP contribution is 2.49. The van der Waals surface area contributed by atoms with E-state index in [-0.39, 0.29) is 0 Å². The van der Waals surface area contributed by atoms with Crippen molar-refractivity contribution in [2.24, 2.45) is 4.99 Å². The second kappa shape index (κ2) is 5.02. The fourth-order valence-corrected chi connectivity index (χ4v) is 1.30. The zero-order chi connectivity index (χ0) is 15.8. The molecule has 1 aliphatic heterocycles. The van der Waals surface area contributed by atoms with Gasteiger partial charge in [-0.3, -0.25) is 0 Å². The number of nitrogens with zero attached hydrogens (tertiary/aromatic N) is 2. The Morgan fingerprint density at radius 3 is 1.80 bits per heavy atom. The molecule has 11 heteroatoms. The van der Waals surface area contributed by atoms with E-state index in [1.165, 1.54) is 0 Å². The molecule has 1 rings (SSSR count). The van der Waals surface area contributed by atoms with Gasteiger partial charge in [0.05, 0.1) is 20.3 Å². The molecule has 0 aliphatic carbocycles. The van der Waals surface area contributed by atoms with E-state index >= 15 is 0 Å². The lowest BCUT2D eigenvalue weighted by molar-refractivity contribution is -0.349. The quantitative estimate of drug-likeness (QED) is 0.735. The first-order valence-corrected chi connectivity index (χ1v) is 4.88. The average Bonchev–Trinajstić information content (AvgIpc) is 2.34. The van der Waals surface area contributed by atoms with Crippen LogP contribution in [0.4, 0.5) is 30.7 Å². The maximum Gasteiger partial charge on any atom is 0.435 e. The second-order valence-electron chi connectivity index (χ2n) is 3.57. The standard InChI is InChI=1S/C9H8F7N2O2/c1-19-4-3-5(20-2)18-6(17-4)7(10,8(11,12)13)9(14,15)16/h3,6H,1-2H3. The Balaban J connectivity index is 3.31. The average molecular weight is 309 g/mol. The van der Waals surface area contributed by atoms with Gasteiger partial charge in [0, 0.05) is 0 Å². The lowest BCUT2D eigenvalue weighted by atomic mass is 10.0. The van der Waals surface area contributed by atoms with Gasteiger partial charge >= 0.3 is 18.0 Å². The van der Waals surface area contributed by atoms with E-state index in [1.54, 1.807) is 0 Å². The second-order valence-corrected chi connectivity index (χ2v) is 3.57. The van der Waals surface area contributed by atoms with Crippen molar-refractivity contribution in [3.8, 4) is 0 Å². The third-order valence-electron chi connectivity index (χ3n) is 2.35. The molecular formula is C9H8F7N2O2. The van der Waals surface area contributed by atoms with Crippen LogP contribution in [-0.2, 0) is 9.47 Å². The first-order valence-electron chi connectivity index (χ1n) is 4.88. The van der Waals surface area contributed by atoms with Crippen LogP contribution in [0.25, 0.3) is 0 Å². The molecule has 0 N–H and O–H groups in total. The molecule has 1 atom stereocenters. The van der Waals surface area contributed by atoms with E-state index in [9.17, 15) is 30.7 Å². The molecule has 115 valence electrons. The Hall–Kier alpha value is -1.68. The first kappa shape index (κ1) is 16.4. The predicted octanol–water partition coefficient (Wildman–Crippen LogP) is 2.30. The van der Waals surface area contributed by atoms with Crippen molar-refractivity contribution in [3.63, 3.8) is 0 Å². The summed E-state index contributed by atoms with van der Waals surface area (Å²) in [5.41, 5.74) is -5.65. The minimum Gasteiger partial charge on any atom is -0.481 e. The summed E-state index contributed by atoms with van der Waals surface area (Å²) in [7, 11) is 1.87. The van der Waals surface area contributed by atoms with Gasteiger partial charge in [-0.2, -0.15) is 26.3 Å². The van der Waals surface area contributed by atoms with Crippen LogP contribution < -0.4 is 5.32 Å². The Bertz CT molecular complexity index is 413. The SMILES string of the molecule is COC1=CC(OC)=NC(C(F)(C(F)(F)F)C(F)(F)F)[N]1. The Morgan fingerprint density at radius 1 is 0.950 bits per heavy atom. The number of alkyl halides is 7. The molecule has 0 spiro atoms. The van der Waals surface area contributed by atoms with Crippen LogP contribution >= 0.6 is 0 Å². The molecule has 0 saturated heterocycles. The van der Waals surface area contributed by atoms with E-state index in [2.05, 4.69) is 19.8 Å². The summed E-state index contributed by atoms with van der Waals surface area (Å²) >= 11 is 0. The molecular weight excluding hydrogens is 301 g/mol. The van der Waals surface area contributed by atoms with Gasteiger partial charge < -0.3 is 9.47 Å². The molecule has 0 amide bonds. The van der Waals surface area contributed by atoms with Crippen molar-refractivity contribution in [3.05, 3.63) is 12.0 Å². The smallest absolute Gasteiger partial charge is 0.435 e. The summed E-state index contributed by atoms with van der Waals surface area (Å²) < 4.78 is 97.7. The van der Waals surface area contributed by atoms with Crippen LogP contribution in [0, 0.1) is 0 Å². The van der Waals surface area contributed by atoms with Crippen LogP contribution in [-0.4, -0.2) is 44.3 Å². The van der Waals surface area contributed by atoms with Crippen molar-refractivity contribution < 1.29 is 40.2 Å². The van der Waals surface area contributed by atoms with E-state index in [0.717, 1.165) is 20.3 Å². The highest BCUT2D eigenvalue weighted by atomic mass is 19.4. The molecule has 0 aromatic carbocycles. The summed E-state index contributed by atoms with van der Waals surface area (Å²) in [6, 6.07) is 0. The third kappa shape index (κ3) is 2.61. The summed E-state index contributed by atoms with van der Waals surface area (Å²) in [4.78, 5) is 2.86. The normalized spacial score (nSPS) is 20.8. The number of hydrogen-bond acceptors (Lipinski definition) is 3. The molecule has 1 unspecified atom stereocenters. The summed E-state index contributed by atoms with van der Waals surface area (Å²) in [6.07, 6.45) is -14.9. The summed E-state index contributed by atoms with van der Waals surface area (Å²) in [5, 5.41) is 2.86. The largest absolute Gasteiger partial charge is 0.481 e. The van der Waals surface area contributed by atoms with Crippen LogP contribution in [0.2, 0.25) is 0 Å². The molecule has 0 fully saturated rings. The van der Waals surface area contributed by atoms with Crippen LogP contribution in [0.5, 0.6) is 0 Å². The Kier molecular flexibility index (Phi) is 4.11. The lowest BCUT2D eigenvalue weighted by Gasteiger charge is -2.35. The minimum absolute atomic E-state index is 0.669. The van der Waals surface area contributed by atoms with Crippen molar-refractivity contribution >= 4 is 5.90 Å². The number of methoxy groups -OCH3 is 2. The number of halogens is 7. The molecule has 0 bridgehead atoms. The molecule has 4 nitrogen and oxygen atoms in total. The van der Waals surface area contributed by atoms with Gasteiger partial charge in [-0.05, 0) is 0 Å². The molecule has 1 heterocycles. The van der Waals surface area contributed by atoms with Crippen molar-refractivity contribution in [1.29, 1.82) is 0 Å². The first-order chi connectivity index (χ1) is 8.97. The monoisotopic (exact) mass is 309 g/mol. The third-order valence-corrected chi connectivity index (χ3v) is 2.35. The number of rotatable bonds is 2. The zero-order valence-corrected chi connectivity index (χ0v) is 10.0. The number of aliphatic imine (C=N–C) groups is 1. The number of hydrogen-bond donors (Lipinski definition) is 0. The highest BCUT2D eigenvalue weighted by Gasteiger charge is 2.77. The van der Waals surface area contributed by atoms with E-state index in [4.69, 9.17) is 0 Å². The van der Waals surface area contributed by atoms with Gasteiger partial charge in [-0.1, -0.05) is 0 Å². The van der Waals surface area contributed by atoms with Crippen molar-refractivity contribution in [2.45, 2.75) is 24.2 Å². The van der Waals surface area contributed by atoms with Gasteiger partial charge in [0.2, 0.25) is 11.8 Å². The predicted molar refractivity (Wildman–Crippen MR) is 51.4 cm³/mol. The minimum atomic E-state index is -6.27. The Labute approximate surface area is 108 Å². The van der Waals surface area contributed by atoms with Crippen LogP contribution in [0.15, 0.2) is 17.0 Å². The number of ether oxygens (including phenoxy) is 2. The maximum atomic E-state index is 13.7. The zero-order valence-electron chi connectivity index (χ0n) is 10.0. The summed E-state index contributed by atoms with van der Waals surface area (Å²) in [6.45, 7) is 0. The van der Waals surface area contributed by atoms with E-state index < -0.39 is 36.0 Å². The van der Waals surface area contributed by atoms with Crippen LogP contribution in [0.3, 0.4) is 0 Å². The van der Waals surface area contributed by atoms with Crippen LogP contribution in [0.1, 0.15) is 0 Å². The molecule has 0 saturated carbocycles. The van der Waals surface area contributed by atoms with Crippen molar-refractivity contribution in [1.82, 2.24) is 5.32 Å². The van der Waals surface area contributed by atoms with Gasteiger partial charge in [0.25, 0.3) is 0 Å². The summed E-state index contributed by atoms with van der Waals surface area (Å²) in [5.74, 6) is -1.34. The topological polar surface area (TPSA) is 44.9 Å². The van der Waals surface area contributed by atoms with Crippen molar-refractivity contribution in [2.75, 3.05) is 14.2 Å². The Morgan fingerprint density at radius 2 is 1.45 bits per heavy atom. The maximum absolute atomic E-state index is 13.7.